The van der Waals surface area contributed by atoms with Crippen LogP contribution in [0.5, 0.6) is 5.75 Å². The van der Waals surface area contributed by atoms with E-state index < -0.39 is 5.97 Å². The fourth-order valence-electron chi connectivity index (χ4n) is 2.95. The Balaban J connectivity index is 2.01. The van der Waals surface area contributed by atoms with Crippen LogP contribution in [-0.2, 0) is 17.9 Å². The Morgan fingerprint density at radius 2 is 2.32 bits per heavy atom. The highest BCUT2D eigenvalue weighted by Gasteiger charge is 2.25. The van der Waals surface area contributed by atoms with E-state index in [1.54, 1.807) is 7.11 Å². The molecule has 0 aromatic heterocycles. The molecule has 1 aromatic rings. The maximum absolute atomic E-state index is 11.1. The normalized spacial score (nSPS) is 19.1. The van der Waals surface area contributed by atoms with E-state index >= 15 is 0 Å². The molecule has 0 saturated carbocycles. The zero-order chi connectivity index (χ0) is 15.9. The number of methoxy groups -OCH3 is 1. The molecule has 5 nitrogen and oxygen atoms in total. The quantitative estimate of drug-likeness (QED) is 0.808. The molecule has 1 aromatic carbocycles. The standard InChI is InChI=1S/C17H26N2O3/c1-3-18-10-14-7-6-13(9-16(14)22-2)11-19-8-4-5-15(12-19)17(20)21/h6-7,9,15,18H,3-5,8,10-12H2,1-2H3,(H,20,21). The number of rotatable bonds is 7. The third kappa shape index (κ3) is 4.45. The Morgan fingerprint density at radius 3 is 3.00 bits per heavy atom. The molecule has 22 heavy (non-hydrogen) atoms. The van der Waals surface area contributed by atoms with Gasteiger partial charge in [0.2, 0.25) is 0 Å². The molecule has 0 aliphatic carbocycles. The van der Waals surface area contributed by atoms with Crippen LogP contribution in [0.15, 0.2) is 18.2 Å². The minimum absolute atomic E-state index is 0.233. The molecule has 2 rings (SSSR count). The topological polar surface area (TPSA) is 61.8 Å². The van der Waals surface area contributed by atoms with Crippen LogP contribution < -0.4 is 10.1 Å². The van der Waals surface area contributed by atoms with Gasteiger partial charge in [-0.25, -0.2) is 0 Å². The van der Waals surface area contributed by atoms with E-state index in [2.05, 4.69) is 35.3 Å². The number of likely N-dealkylation sites (tertiary alicyclic amines) is 1. The van der Waals surface area contributed by atoms with Crippen molar-refractivity contribution in [1.82, 2.24) is 10.2 Å². The molecular weight excluding hydrogens is 280 g/mol. The highest BCUT2D eigenvalue weighted by Crippen LogP contribution is 2.23. The van der Waals surface area contributed by atoms with Crippen LogP contribution in [0.4, 0.5) is 0 Å². The van der Waals surface area contributed by atoms with E-state index in [9.17, 15) is 4.79 Å². The van der Waals surface area contributed by atoms with Gasteiger partial charge in [0.05, 0.1) is 13.0 Å². The largest absolute Gasteiger partial charge is 0.496 e. The Kier molecular flexibility index (Phi) is 6.21. The van der Waals surface area contributed by atoms with Crippen LogP contribution in [0, 0.1) is 5.92 Å². The van der Waals surface area contributed by atoms with Crippen molar-refractivity contribution >= 4 is 5.97 Å². The maximum Gasteiger partial charge on any atom is 0.307 e. The van der Waals surface area contributed by atoms with Crippen molar-refractivity contribution in [3.8, 4) is 5.75 Å². The third-order valence-electron chi connectivity index (χ3n) is 4.18. The highest BCUT2D eigenvalue weighted by atomic mass is 16.5. The van der Waals surface area contributed by atoms with Crippen LogP contribution in [0.2, 0.25) is 0 Å². The van der Waals surface area contributed by atoms with Crippen molar-refractivity contribution in [3.05, 3.63) is 29.3 Å². The second-order valence-electron chi connectivity index (χ2n) is 5.84. The first-order chi connectivity index (χ1) is 10.6. The number of benzene rings is 1. The van der Waals surface area contributed by atoms with Gasteiger partial charge in [-0.05, 0) is 37.6 Å². The number of piperidine rings is 1. The third-order valence-corrected chi connectivity index (χ3v) is 4.18. The summed E-state index contributed by atoms with van der Waals surface area (Å²) >= 11 is 0. The fourth-order valence-corrected chi connectivity index (χ4v) is 2.95. The number of hydrogen-bond acceptors (Lipinski definition) is 4. The number of aliphatic carboxylic acids is 1. The lowest BCUT2D eigenvalue weighted by molar-refractivity contribution is -0.143. The van der Waals surface area contributed by atoms with Crippen LogP contribution in [0.3, 0.4) is 0 Å². The molecule has 1 fully saturated rings. The second kappa shape index (κ2) is 8.15. The van der Waals surface area contributed by atoms with E-state index in [1.807, 2.05) is 0 Å². The molecule has 1 saturated heterocycles. The lowest BCUT2D eigenvalue weighted by Gasteiger charge is -2.30. The number of ether oxygens (including phenoxy) is 1. The molecule has 1 aliphatic rings. The summed E-state index contributed by atoms with van der Waals surface area (Å²) in [4.78, 5) is 13.4. The zero-order valence-electron chi connectivity index (χ0n) is 13.5. The summed E-state index contributed by atoms with van der Waals surface area (Å²) < 4.78 is 5.48. The molecule has 1 atom stereocenters. The number of nitrogens with zero attached hydrogens (tertiary/aromatic N) is 1. The molecule has 1 aliphatic heterocycles. The molecule has 0 amide bonds. The molecule has 5 heteroatoms. The van der Waals surface area contributed by atoms with Crippen molar-refractivity contribution in [2.24, 2.45) is 5.92 Å². The number of carboxylic acid groups (broad SMARTS) is 1. The zero-order valence-corrected chi connectivity index (χ0v) is 13.5. The molecule has 2 N–H and O–H groups in total. The number of carbonyl (C=O) groups is 1. The molecule has 0 bridgehead atoms. The smallest absolute Gasteiger partial charge is 0.307 e. The minimum atomic E-state index is -0.678. The Morgan fingerprint density at radius 1 is 1.50 bits per heavy atom. The van der Waals surface area contributed by atoms with E-state index in [1.165, 1.54) is 5.56 Å². The number of hydrogen-bond donors (Lipinski definition) is 2. The summed E-state index contributed by atoms with van der Waals surface area (Å²) in [6.45, 7) is 6.18. The predicted octanol–water partition coefficient (Wildman–Crippen LogP) is 2.10. The van der Waals surface area contributed by atoms with Crippen LogP contribution >= 0.6 is 0 Å². The Bertz CT molecular complexity index is 505. The second-order valence-corrected chi connectivity index (χ2v) is 5.84. The number of carboxylic acids is 1. The fraction of sp³-hybridized carbons (Fsp3) is 0.588. The van der Waals surface area contributed by atoms with Gasteiger partial charge >= 0.3 is 5.97 Å². The van der Waals surface area contributed by atoms with Gasteiger partial charge in [-0.3, -0.25) is 9.69 Å². The van der Waals surface area contributed by atoms with Gasteiger partial charge < -0.3 is 15.2 Å². The van der Waals surface area contributed by atoms with Crippen molar-refractivity contribution in [2.75, 3.05) is 26.7 Å². The average Bonchev–Trinajstić information content (AvgIpc) is 2.53. The molecule has 0 spiro atoms. The van der Waals surface area contributed by atoms with Gasteiger partial charge in [-0.2, -0.15) is 0 Å². The first kappa shape index (κ1) is 16.8. The predicted molar refractivity (Wildman–Crippen MR) is 86.0 cm³/mol. The average molecular weight is 306 g/mol. The Hall–Kier alpha value is -1.59. The van der Waals surface area contributed by atoms with Gasteiger partial charge in [0.15, 0.2) is 0 Å². The lowest BCUT2D eigenvalue weighted by atomic mass is 9.97. The molecule has 122 valence electrons. The van der Waals surface area contributed by atoms with Crippen LogP contribution in [0.25, 0.3) is 0 Å². The molecule has 1 unspecified atom stereocenters. The van der Waals surface area contributed by atoms with Gasteiger partial charge in [-0.1, -0.05) is 19.1 Å². The van der Waals surface area contributed by atoms with E-state index in [4.69, 9.17) is 9.84 Å². The number of nitrogens with one attached hydrogen (secondary N) is 1. The monoisotopic (exact) mass is 306 g/mol. The van der Waals surface area contributed by atoms with Gasteiger partial charge in [-0.15, -0.1) is 0 Å². The van der Waals surface area contributed by atoms with Gasteiger partial charge in [0.1, 0.15) is 5.75 Å². The van der Waals surface area contributed by atoms with E-state index in [0.29, 0.717) is 6.54 Å². The first-order valence-corrected chi connectivity index (χ1v) is 7.95. The molecule has 1 heterocycles. The summed E-state index contributed by atoms with van der Waals surface area (Å²) in [7, 11) is 1.69. The van der Waals surface area contributed by atoms with Crippen molar-refractivity contribution in [3.63, 3.8) is 0 Å². The highest BCUT2D eigenvalue weighted by molar-refractivity contribution is 5.70. The lowest BCUT2D eigenvalue weighted by Crippen LogP contribution is -2.38. The summed E-state index contributed by atoms with van der Waals surface area (Å²) in [6, 6.07) is 6.27. The van der Waals surface area contributed by atoms with Gasteiger partial charge in [0, 0.05) is 25.2 Å². The first-order valence-electron chi connectivity index (χ1n) is 7.95. The molecule has 0 radical (unpaired) electrons. The molecular formula is C17H26N2O3. The van der Waals surface area contributed by atoms with Crippen molar-refractivity contribution < 1.29 is 14.6 Å². The van der Waals surface area contributed by atoms with Crippen LogP contribution in [0.1, 0.15) is 30.9 Å². The minimum Gasteiger partial charge on any atom is -0.496 e. The SMILES string of the molecule is CCNCc1ccc(CN2CCCC(C(=O)O)C2)cc1OC. The van der Waals surface area contributed by atoms with E-state index in [-0.39, 0.29) is 5.92 Å². The maximum atomic E-state index is 11.1. The summed E-state index contributed by atoms with van der Waals surface area (Å²) in [6.07, 6.45) is 1.74. The summed E-state index contributed by atoms with van der Waals surface area (Å²) in [5.74, 6) is -0.0165. The summed E-state index contributed by atoms with van der Waals surface area (Å²) in [5, 5.41) is 12.5. The summed E-state index contributed by atoms with van der Waals surface area (Å²) in [5.41, 5.74) is 2.32. The van der Waals surface area contributed by atoms with Gasteiger partial charge in [0.25, 0.3) is 0 Å². The van der Waals surface area contributed by atoms with Crippen molar-refractivity contribution in [1.29, 1.82) is 0 Å². The van der Waals surface area contributed by atoms with E-state index in [0.717, 1.165) is 50.3 Å². The van der Waals surface area contributed by atoms with Crippen LogP contribution in [-0.4, -0.2) is 42.7 Å². The Labute approximate surface area is 132 Å². The van der Waals surface area contributed by atoms with Crippen molar-refractivity contribution in [2.45, 2.75) is 32.9 Å².